The molecule has 1 aliphatic rings. The molecule has 1 unspecified atom stereocenters. The average Bonchev–Trinajstić information content (AvgIpc) is 3.00. The Hall–Kier alpha value is -1.95. The highest BCUT2D eigenvalue weighted by atomic mass is 16.5. The van der Waals surface area contributed by atoms with E-state index in [0.29, 0.717) is 17.3 Å². The molecule has 2 aromatic rings. The van der Waals surface area contributed by atoms with E-state index in [1.807, 2.05) is 0 Å². The summed E-state index contributed by atoms with van der Waals surface area (Å²) in [6.45, 7) is 0.738. The van der Waals surface area contributed by atoms with Gasteiger partial charge in [-0.15, -0.1) is 0 Å². The normalized spacial score (nSPS) is 19.6. The molecule has 2 aromatic heterocycles. The third kappa shape index (κ3) is 1.99. The molecular formula is C11H11N3O3. The fourth-order valence-electron chi connectivity index (χ4n) is 1.81. The highest BCUT2D eigenvalue weighted by molar-refractivity contribution is 5.53. The maximum absolute atomic E-state index is 9.32. The van der Waals surface area contributed by atoms with Gasteiger partial charge in [-0.3, -0.25) is 4.98 Å². The van der Waals surface area contributed by atoms with Crippen molar-refractivity contribution in [2.24, 2.45) is 0 Å². The SMILES string of the molecule is Oc1cncc(-c2nc(C3CCCO3)no2)c1. The number of aromatic hydroxyl groups is 1. The summed E-state index contributed by atoms with van der Waals surface area (Å²) in [5.74, 6) is 0.971. The molecule has 1 N–H and O–H groups in total. The standard InChI is InChI=1S/C11H11N3O3/c15-8-4-7(5-12-6-8)11-13-10(14-17-11)9-2-1-3-16-9/h4-6,9,15H,1-3H2. The maximum Gasteiger partial charge on any atom is 0.259 e. The van der Waals surface area contributed by atoms with E-state index in [2.05, 4.69) is 15.1 Å². The number of aromatic nitrogens is 3. The van der Waals surface area contributed by atoms with E-state index in [4.69, 9.17) is 9.26 Å². The van der Waals surface area contributed by atoms with Crippen molar-refractivity contribution in [2.75, 3.05) is 6.61 Å². The fourth-order valence-corrected chi connectivity index (χ4v) is 1.81. The molecule has 3 heterocycles. The van der Waals surface area contributed by atoms with Crippen LogP contribution in [0.1, 0.15) is 24.8 Å². The van der Waals surface area contributed by atoms with Crippen LogP contribution in [0.25, 0.3) is 11.5 Å². The number of hydrogen-bond donors (Lipinski definition) is 1. The summed E-state index contributed by atoms with van der Waals surface area (Å²) in [4.78, 5) is 8.11. The smallest absolute Gasteiger partial charge is 0.259 e. The van der Waals surface area contributed by atoms with E-state index in [9.17, 15) is 5.11 Å². The van der Waals surface area contributed by atoms with Crippen LogP contribution >= 0.6 is 0 Å². The second-order valence-corrected chi connectivity index (χ2v) is 3.89. The van der Waals surface area contributed by atoms with Crippen LogP contribution in [-0.4, -0.2) is 26.8 Å². The van der Waals surface area contributed by atoms with Gasteiger partial charge in [-0.2, -0.15) is 4.98 Å². The molecule has 0 aliphatic carbocycles. The summed E-state index contributed by atoms with van der Waals surface area (Å²) in [7, 11) is 0. The average molecular weight is 233 g/mol. The second-order valence-electron chi connectivity index (χ2n) is 3.89. The minimum Gasteiger partial charge on any atom is -0.506 e. The van der Waals surface area contributed by atoms with Crippen molar-refractivity contribution in [3.63, 3.8) is 0 Å². The summed E-state index contributed by atoms with van der Waals surface area (Å²) in [6, 6.07) is 1.53. The van der Waals surface area contributed by atoms with Crippen molar-refractivity contribution in [2.45, 2.75) is 18.9 Å². The number of hydrogen-bond acceptors (Lipinski definition) is 6. The Morgan fingerprint density at radius 2 is 2.29 bits per heavy atom. The molecule has 1 aliphatic heterocycles. The van der Waals surface area contributed by atoms with Gasteiger partial charge in [-0.1, -0.05) is 5.16 Å². The molecule has 0 radical (unpaired) electrons. The molecule has 6 heteroatoms. The van der Waals surface area contributed by atoms with E-state index in [-0.39, 0.29) is 11.9 Å². The van der Waals surface area contributed by atoms with Gasteiger partial charge in [-0.25, -0.2) is 0 Å². The molecule has 6 nitrogen and oxygen atoms in total. The van der Waals surface area contributed by atoms with Crippen LogP contribution in [0.2, 0.25) is 0 Å². The van der Waals surface area contributed by atoms with Crippen molar-refractivity contribution < 1.29 is 14.4 Å². The number of nitrogens with zero attached hydrogens (tertiary/aromatic N) is 3. The van der Waals surface area contributed by atoms with Gasteiger partial charge in [-0.05, 0) is 18.9 Å². The van der Waals surface area contributed by atoms with Gasteiger partial charge in [0.1, 0.15) is 11.9 Å². The van der Waals surface area contributed by atoms with Crippen LogP contribution in [0, 0.1) is 0 Å². The van der Waals surface area contributed by atoms with E-state index in [1.165, 1.54) is 12.3 Å². The summed E-state index contributed by atoms with van der Waals surface area (Å²) in [6.07, 6.45) is 4.77. The quantitative estimate of drug-likeness (QED) is 0.850. The van der Waals surface area contributed by atoms with E-state index in [0.717, 1.165) is 19.4 Å². The first-order valence-corrected chi connectivity index (χ1v) is 5.42. The molecule has 1 atom stereocenters. The zero-order valence-corrected chi connectivity index (χ0v) is 9.04. The highest BCUT2D eigenvalue weighted by Gasteiger charge is 2.23. The van der Waals surface area contributed by atoms with Crippen LogP contribution in [0.15, 0.2) is 23.0 Å². The predicted molar refractivity (Wildman–Crippen MR) is 57.1 cm³/mol. The van der Waals surface area contributed by atoms with Crippen molar-refractivity contribution in [1.29, 1.82) is 0 Å². The van der Waals surface area contributed by atoms with Crippen molar-refractivity contribution in [3.8, 4) is 17.2 Å². The largest absolute Gasteiger partial charge is 0.506 e. The lowest BCUT2D eigenvalue weighted by atomic mass is 10.2. The molecule has 0 spiro atoms. The predicted octanol–water partition coefficient (Wildman–Crippen LogP) is 1.69. The summed E-state index contributed by atoms with van der Waals surface area (Å²) >= 11 is 0. The maximum atomic E-state index is 9.32. The van der Waals surface area contributed by atoms with Gasteiger partial charge in [0, 0.05) is 12.8 Å². The van der Waals surface area contributed by atoms with Crippen molar-refractivity contribution >= 4 is 0 Å². The second kappa shape index (κ2) is 4.14. The van der Waals surface area contributed by atoms with Gasteiger partial charge >= 0.3 is 0 Å². The van der Waals surface area contributed by atoms with Crippen LogP contribution in [-0.2, 0) is 4.74 Å². The molecule has 0 amide bonds. The molecule has 17 heavy (non-hydrogen) atoms. The molecule has 0 bridgehead atoms. The summed E-state index contributed by atoms with van der Waals surface area (Å²) in [5.41, 5.74) is 0.599. The Morgan fingerprint density at radius 1 is 1.35 bits per heavy atom. The van der Waals surface area contributed by atoms with Crippen LogP contribution in [0.3, 0.4) is 0 Å². The van der Waals surface area contributed by atoms with Crippen LogP contribution in [0.5, 0.6) is 5.75 Å². The lowest BCUT2D eigenvalue weighted by Gasteiger charge is -2.00. The molecule has 1 saturated heterocycles. The number of ether oxygens (including phenoxy) is 1. The van der Waals surface area contributed by atoms with Gasteiger partial charge in [0.15, 0.2) is 0 Å². The fraction of sp³-hybridized carbons (Fsp3) is 0.364. The van der Waals surface area contributed by atoms with Crippen LogP contribution in [0.4, 0.5) is 0 Å². The van der Waals surface area contributed by atoms with Gasteiger partial charge < -0.3 is 14.4 Å². The first-order chi connectivity index (χ1) is 8.33. The Morgan fingerprint density at radius 3 is 3.06 bits per heavy atom. The minimum atomic E-state index is -0.0715. The monoisotopic (exact) mass is 233 g/mol. The van der Waals surface area contributed by atoms with Crippen LogP contribution < -0.4 is 0 Å². The Labute approximate surface area is 97.3 Å². The third-order valence-electron chi connectivity index (χ3n) is 2.63. The molecule has 0 aromatic carbocycles. The number of pyridine rings is 1. The lowest BCUT2D eigenvalue weighted by Crippen LogP contribution is -1.97. The third-order valence-corrected chi connectivity index (χ3v) is 2.63. The zero-order valence-electron chi connectivity index (χ0n) is 9.04. The summed E-state index contributed by atoms with van der Waals surface area (Å²) in [5, 5.41) is 13.2. The van der Waals surface area contributed by atoms with Gasteiger partial charge in [0.25, 0.3) is 5.89 Å². The molecular weight excluding hydrogens is 222 g/mol. The van der Waals surface area contributed by atoms with E-state index in [1.54, 1.807) is 6.20 Å². The molecule has 0 saturated carbocycles. The molecule has 1 fully saturated rings. The Bertz CT molecular complexity index is 520. The van der Waals surface area contributed by atoms with Gasteiger partial charge in [0.2, 0.25) is 5.82 Å². The van der Waals surface area contributed by atoms with Crippen molar-refractivity contribution in [3.05, 3.63) is 24.3 Å². The Balaban J connectivity index is 1.89. The summed E-state index contributed by atoms with van der Waals surface area (Å²) < 4.78 is 10.6. The molecule has 88 valence electrons. The minimum absolute atomic E-state index is 0.0689. The number of rotatable bonds is 2. The topological polar surface area (TPSA) is 81.3 Å². The Kier molecular flexibility index (Phi) is 2.49. The lowest BCUT2D eigenvalue weighted by molar-refractivity contribution is 0.103. The molecule has 3 rings (SSSR count). The van der Waals surface area contributed by atoms with E-state index >= 15 is 0 Å². The zero-order chi connectivity index (χ0) is 11.7. The highest BCUT2D eigenvalue weighted by Crippen LogP contribution is 2.28. The van der Waals surface area contributed by atoms with Crippen molar-refractivity contribution in [1.82, 2.24) is 15.1 Å². The first-order valence-electron chi connectivity index (χ1n) is 5.42. The van der Waals surface area contributed by atoms with Gasteiger partial charge in [0.05, 0.1) is 11.8 Å². The van der Waals surface area contributed by atoms with E-state index < -0.39 is 0 Å². The first kappa shape index (κ1) is 10.2.